The molecule has 1 saturated heterocycles. The van der Waals surface area contributed by atoms with Gasteiger partial charge in [0.25, 0.3) is 0 Å². The summed E-state index contributed by atoms with van der Waals surface area (Å²) in [6.45, 7) is 8.12. The fourth-order valence-corrected chi connectivity index (χ4v) is 3.24. The number of likely N-dealkylation sites (N-methyl/N-ethyl adjacent to an activating group) is 1. The summed E-state index contributed by atoms with van der Waals surface area (Å²) < 4.78 is 5.53. The summed E-state index contributed by atoms with van der Waals surface area (Å²) in [5.41, 5.74) is 2.47. The number of nitrogens with zero attached hydrogens (tertiary/aromatic N) is 3. The third-order valence-corrected chi connectivity index (χ3v) is 4.52. The fourth-order valence-electron chi connectivity index (χ4n) is 3.24. The van der Waals surface area contributed by atoms with Crippen LogP contribution in [0.15, 0.2) is 34.7 Å². The smallest absolute Gasteiger partial charge is 0.191 e. The predicted octanol–water partition coefficient (Wildman–Crippen LogP) is 3.00. The topological polar surface area (TPSA) is 32.5 Å². The van der Waals surface area contributed by atoms with E-state index in [2.05, 4.69) is 52.2 Å². The Morgan fingerprint density at radius 3 is 2.73 bits per heavy atom. The second-order valence-electron chi connectivity index (χ2n) is 6.31. The number of oxazole rings is 1. The summed E-state index contributed by atoms with van der Waals surface area (Å²) >= 11 is 0. The van der Waals surface area contributed by atoms with Crippen molar-refractivity contribution >= 4 is 0 Å². The van der Waals surface area contributed by atoms with Gasteiger partial charge in [-0.2, -0.15) is 0 Å². The number of likely N-dealkylation sites (tertiary alicyclic amines) is 1. The minimum Gasteiger partial charge on any atom is -0.446 e. The SMILES string of the molecule is Cc1nc(CN(C)C2CCN(Cc3ccccc3)C2)c(C)o1. The Hall–Kier alpha value is -1.65. The Bertz CT molecular complexity index is 608. The maximum atomic E-state index is 5.53. The van der Waals surface area contributed by atoms with Crippen LogP contribution in [-0.4, -0.2) is 41.0 Å². The Kier molecular flexibility index (Phi) is 4.60. The van der Waals surface area contributed by atoms with Gasteiger partial charge < -0.3 is 4.42 Å². The molecule has 0 spiro atoms. The molecule has 1 unspecified atom stereocenters. The summed E-state index contributed by atoms with van der Waals surface area (Å²) in [6.07, 6.45) is 1.22. The van der Waals surface area contributed by atoms with E-state index in [0.717, 1.165) is 37.0 Å². The summed E-state index contributed by atoms with van der Waals surface area (Å²) in [7, 11) is 2.19. The molecular weight excluding hydrogens is 274 g/mol. The molecule has 1 aliphatic heterocycles. The molecule has 1 atom stereocenters. The van der Waals surface area contributed by atoms with Crippen molar-refractivity contribution in [3.63, 3.8) is 0 Å². The number of hydrogen-bond acceptors (Lipinski definition) is 4. The zero-order valence-corrected chi connectivity index (χ0v) is 13.7. The predicted molar refractivity (Wildman–Crippen MR) is 87.6 cm³/mol. The molecule has 1 fully saturated rings. The first-order valence-corrected chi connectivity index (χ1v) is 8.01. The summed E-state index contributed by atoms with van der Waals surface area (Å²) in [5.74, 6) is 1.71. The average Bonchev–Trinajstić information content (AvgIpc) is 3.07. The highest BCUT2D eigenvalue weighted by Gasteiger charge is 2.26. The molecule has 1 aliphatic rings. The van der Waals surface area contributed by atoms with Crippen LogP contribution in [0, 0.1) is 13.8 Å². The highest BCUT2D eigenvalue weighted by molar-refractivity contribution is 5.14. The van der Waals surface area contributed by atoms with Gasteiger partial charge in [-0.25, -0.2) is 4.98 Å². The van der Waals surface area contributed by atoms with Crippen LogP contribution in [0.5, 0.6) is 0 Å². The molecule has 3 rings (SSSR count). The van der Waals surface area contributed by atoms with Gasteiger partial charge in [0.05, 0.1) is 5.69 Å². The van der Waals surface area contributed by atoms with Crippen LogP contribution in [0.2, 0.25) is 0 Å². The molecule has 0 amide bonds. The van der Waals surface area contributed by atoms with Crippen LogP contribution in [0.25, 0.3) is 0 Å². The van der Waals surface area contributed by atoms with Crippen molar-refractivity contribution in [1.29, 1.82) is 0 Å². The van der Waals surface area contributed by atoms with Crippen LogP contribution in [-0.2, 0) is 13.1 Å². The van der Waals surface area contributed by atoms with Gasteiger partial charge in [0, 0.05) is 39.1 Å². The Morgan fingerprint density at radius 2 is 2.05 bits per heavy atom. The zero-order chi connectivity index (χ0) is 15.5. The quantitative estimate of drug-likeness (QED) is 0.849. The van der Waals surface area contributed by atoms with Crippen molar-refractivity contribution in [2.75, 3.05) is 20.1 Å². The molecule has 1 aromatic heterocycles. The van der Waals surface area contributed by atoms with Crippen molar-refractivity contribution in [1.82, 2.24) is 14.8 Å². The number of hydrogen-bond donors (Lipinski definition) is 0. The van der Waals surface area contributed by atoms with Crippen LogP contribution in [0.4, 0.5) is 0 Å². The van der Waals surface area contributed by atoms with Gasteiger partial charge in [0.15, 0.2) is 5.89 Å². The van der Waals surface area contributed by atoms with Gasteiger partial charge in [0.2, 0.25) is 0 Å². The number of benzene rings is 1. The zero-order valence-electron chi connectivity index (χ0n) is 13.7. The minimum absolute atomic E-state index is 0.597. The largest absolute Gasteiger partial charge is 0.446 e. The van der Waals surface area contributed by atoms with E-state index in [0.29, 0.717) is 6.04 Å². The van der Waals surface area contributed by atoms with E-state index < -0.39 is 0 Å². The lowest BCUT2D eigenvalue weighted by molar-refractivity contribution is 0.220. The first-order chi connectivity index (χ1) is 10.6. The van der Waals surface area contributed by atoms with Crippen molar-refractivity contribution in [2.45, 2.75) is 39.4 Å². The molecule has 2 aromatic rings. The molecule has 4 nitrogen and oxygen atoms in total. The van der Waals surface area contributed by atoms with E-state index in [4.69, 9.17) is 4.42 Å². The van der Waals surface area contributed by atoms with Gasteiger partial charge in [-0.15, -0.1) is 0 Å². The van der Waals surface area contributed by atoms with E-state index >= 15 is 0 Å². The lowest BCUT2D eigenvalue weighted by atomic mass is 10.2. The number of aryl methyl sites for hydroxylation is 2. The van der Waals surface area contributed by atoms with Crippen molar-refractivity contribution in [2.24, 2.45) is 0 Å². The average molecular weight is 299 g/mol. The first kappa shape index (κ1) is 15.3. The van der Waals surface area contributed by atoms with Crippen LogP contribution in [0.3, 0.4) is 0 Å². The lowest BCUT2D eigenvalue weighted by Gasteiger charge is -2.24. The highest BCUT2D eigenvalue weighted by Crippen LogP contribution is 2.20. The lowest BCUT2D eigenvalue weighted by Crippen LogP contribution is -2.34. The van der Waals surface area contributed by atoms with Gasteiger partial charge in [-0.3, -0.25) is 9.80 Å². The maximum absolute atomic E-state index is 5.53. The van der Waals surface area contributed by atoms with E-state index in [1.54, 1.807) is 0 Å². The minimum atomic E-state index is 0.597. The molecule has 118 valence electrons. The Labute approximate surface area is 132 Å². The second-order valence-corrected chi connectivity index (χ2v) is 6.31. The van der Waals surface area contributed by atoms with E-state index in [1.165, 1.54) is 18.5 Å². The molecule has 0 radical (unpaired) electrons. The fraction of sp³-hybridized carbons (Fsp3) is 0.500. The first-order valence-electron chi connectivity index (χ1n) is 8.01. The molecule has 2 heterocycles. The Morgan fingerprint density at radius 1 is 1.27 bits per heavy atom. The van der Waals surface area contributed by atoms with E-state index in [1.807, 2.05) is 13.8 Å². The van der Waals surface area contributed by atoms with Crippen LogP contribution in [0.1, 0.15) is 29.3 Å². The van der Waals surface area contributed by atoms with Crippen LogP contribution < -0.4 is 0 Å². The van der Waals surface area contributed by atoms with Crippen molar-refractivity contribution in [3.05, 3.63) is 53.2 Å². The highest BCUT2D eigenvalue weighted by atomic mass is 16.4. The van der Waals surface area contributed by atoms with Crippen molar-refractivity contribution in [3.8, 4) is 0 Å². The molecular formula is C18H25N3O. The molecule has 0 bridgehead atoms. The summed E-state index contributed by atoms with van der Waals surface area (Å²) in [6, 6.07) is 11.3. The van der Waals surface area contributed by atoms with Gasteiger partial charge >= 0.3 is 0 Å². The molecule has 0 N–H and O–H groups in total. The number of rotatable bonds is 5. The third kappa shape index (κ3) is 3.57. The standard InChI is InChI=1S/C18H25N3O/c1-14-18(19-15(2)22-14)13-20(3)17-9-10-21(12-17)11-16-7-5-4-6-8-16/h4-8,17H,9-13H2,1-3H3. The molecule has 0 aliphatic carbocycles. The van der Waals surface area contributed by atoms with Gasteiger partial charge in [-0.1, -0.05) is 30.3 Å². The molecule has 22 heavy (non-hydrogen) atoms. The third-order valence-electron chi connectivity index (χ3n) is 4.52. The normalized spacial score (nSPS) is 19.2. The van der Waals surface area contributed by atoms with Crippen LogP contribution >= 0.6 is 0 Å². The van der Waals surface area contributed by atoms with Crippen molar-refractivity contribution < 1.29 is 4.42 Å². The van der Waals surface area contributed by atoms with E-state index in [9.17, 15) is 0 Å². The second kappa shape index (κ2) is 6.63. The molecule has 0 saturated carbocycles. The van der Waals surface area contributed by atoms with Gasteiger partial charge in [-0.05, 0) is 26.0 Å². The van der Waals surface area contributed by atoms with Gasteiger partial charge in [0.1, 0.15) is 5.76 Å². The summed E-state index contributed by atoms with van der Waals surface area (Å²) in [4.78, 5) is 9.44. The molecule has 1 aromatic carbocycles. The maximum Gasteiger partial charge on any atom is 0.191 e. The molecule has 4 heteroatoms. The monoisotopic (exact) mass is 299 g/mol. The Balaban J connectivity index is 1.54. The summed E-state index contributed by atoms with van der Waals surface area (Å²) in [5, 5.41) is 0. The number of aromatic nitrogens is 1. The van der Waals surface area contributed by atoms with E-state index in [-0.39, 0.29) is 0 Å².